The molecule has 0 radical (unpaired) electrons. The van der Waals surface area contributed by atoms with Crippen LogP contribution in [-0.2, 0) is 21.1 Å². The Labute approximate surface area is 267 Å². The van der Waals surface area contributed by atoms with Crippen LogP contribution in [-0.4, -0.2) is 73.8 Å². The quantitative estimate of drug-likeness (QED) is 0.289. The molecule has 0 amide bonds. The Morgan fingerprint density at radius 2 is 2.00 bits per heavy atom. The first-order valence-electron chi connectivity index (χ1n) is 15.9. The number of nitrogens with one attached hydrogen (secondary N) is 2. The molecule has 1 fully saturated rings. The highest BCUT2D eigenvalue weighted by atomic mass is 28.4. The van der Waals surface area contributed by atoms with Gasteiger partial charge in [0.1, 0.15) is 11.8 Å². The molecule has 0 spiro atoms. The van der Waals surface area contributed by atoms with Crippen LogP contribution in [0.4, 0.5) is 17.3 Å². The van der Waals surface area contributed by atoms with Gasteiger partial charge in [0.2, 0.25) is 5.95 Å². The van der Waals surface area contributed by atoms with E-state index in [1.165, 1.54) is 0 Å². The van der Waals surface area contributed by atoms with E-state index < -0.39 is 8.32 Å². The van der Waals surface area contributed by atoms with Gasteiger partial charge in [-0.1, -0.05) is 27.7 Å². The molecule has 10 nitrogen and oxygen atoms in total. The number of nitriles is 1. The van der Waals surface area contributed by atoms with Crippen molar-refractivity contribution < 1.29 is 9.16 Å². The minimum Gasteiger partial charge on any atom is -0.416 e. The van der Waals surface area contributed by atoms with E-state index in [4.69, 9.17) is 14.1 Å². The smallest absolute Gasteiger partial charge is 0.274 e. The Bertz CT molecular complexity index is 1630. The van der Waals surface area contributed by atoms with E-state index in [1.54, 1.807) is 10.8 Å². The maximum atomic E-state index is 13.4. The fourth-order valence-corrected chi connectivity index (χ4v) is 6.73. The fraction of sp³-hybridized carbons (Fsp3) is 0.529. The summed E-state index contributed by atoms with van der Waals surface area (Å²) in [5, 5.41) is 16.8. The molecule has 2 aliphatic rings. The first-order valence-corrected chi connectivity index (χ1v) is 18.8. The van der Waals surface area contributed by atoms with Crippen molar-refractivity contribution in [2.24, 2.45) is 0 Å². The number of anilines is 3. The van der Waals surface area contributed by atoms with E-state index in [1.807, 2.05) is 31.3 Å². The third-order valence-electron chi connectivity index (χ3n) is 9.51. The van der Waals surface area contributed by atoms with Gasteiger partial charge in [0.25, 0.3) is 5.56 Å². The molecule has 2 aliphatic heterocycles. The molecule has 0 unspecified atom stereocenters. The molecule has 45 heavy (non-hydrogen) atoms. The number of hydrogen-bond acceptors (Lipinski definition) is 9. The molecule has 2 N–H and O–H groups in total. The van der Waals surface area contributed by atoms with Gasteiger partial charge in [-0.25, -0.2) is 9.97 Å². The largest absolute Gasteiger partial charge is 0.416 e. The van der Waals surface area contributed by atoms with Crippen LogP contribution < -0.4 is 16.2 Å². The predicted octanol–water partition coefficient (Wildman–Crippen LogP) is 5.66. The molecular formula is C34H47N7O3Si. The van der Waals surface area contributed by atoms with Gasteiger partial charge in [0.15, 0.2) is 8.32 Å². The van der Waals surface area contributed by atoms with E-state index in [0.29, 0.717) is 42.6 Å². The summed E-state index contributed by atoms with van der Waals surface area (Å²) >= 11 is 0. The number of ether oxygens (including phenoxy) is 1. The number of benzene rings is 1. The third kappa shape index (κ3) is 7.30. The van der Waals surface area contributed by atoms with Crippen LogP contribution in [0, 0.1) is 18.3 Å². The Kier molecular flexibility index (Phi) is 9.51. The van der Waals surface area contributed by atoms with Gasteiger partial charge < -0.3 is 24.4 Å². The van der Waals surface area contributed by atoms with Crippen molar-refractivity contribution in [2.75, 3.05) is 56.6 Å². The molecule has 0 aliphatic carbocycles. The average molecular weight is 630 g/mol. The number of aromatic nitrogens is 3. The minimum absolute atomic E-state index is 0.102. The van der Waals surface area contributed by atoms with E-state index >= 15 is 0 Å². The van der Waals surface area contributed by atoms with Crippen LogP contribution in [0.25, 0.3) is 11.3 Å². The number of hydrogen-bond donors (Lipinski definition) is 2. The maximum Gasteiger partial charge on any atom is 0.274 e. The summed E-state index contributed by atoms with van der Waals surface area (Å²) in [7, 11) is -1.97. The van der Waals surface area contributed by atoms with Gasteiger partial charge in [0, 0.05) is 69.3 Å². The standard InChI is InChI=1S/C34H47N7O3Si/c1-24-17-29(31(42)41(21-24)13-12-40-11-8-15-43-16-14-40)39-32-36-10-9-28(38-32)25-18-26(20-35)30-27(19-25)34(5,22-37-30)23-44-45(6,7)33(2,3)4/h9-10,17-19,21,37H,8,11-16,22-23H2,1-7H3,(H,36,38,39)/t34-/m1/s1. The summed E-state index contributed by atoms with van der Waals surface area (Å²) in [5.74, 6) is 0.326. The van der Waals surface area contributed by atoms with Crippen molar-refractivity contribution in [3.05, 3.63) is 63.7 Å². The van der Waals surface area contributed by atoms with Crippen LogP contribution in [0.5, 0.6) is 0 Å². The third-order valence-corrected chi connectivity index (χ3v) is 14.0. The van der Waals surface area contributed by atoms with E-state index in [-0.39, 0.29) is 16.0 Å². The van der Waals surface area contributed by atoms with Crippen molar-refractivity contribution in [3.63, 3.8) is 0 Å². The number of fused-ring (bicyclic) bond motifs is 1. The molecule has 2 aromatic heterocycles. The monoisotopic (exact) mass is 629 g/mol. The Morgan fingerprint density at radius 3 is 2.76 bits per heavy atom. The Hall–Kier alpha value is -3.56. The topological polar surface area (TPSA) is 117 Å². The van der Waals surface area contributed by atoms with E-state index in [0.717, 1.165) is 61.6 Å². The summed E-state index contributed by atoms with van der Waals surface area (Å²) < 4.78 is 14.0. The van der Waals surface area contributed by atoms with Crippen molar-refractivity contribution in [2.45, 2.75) is 71.1 Å². The summed E-state index contributed by atoms with van der Waals surface area (Å²) in [6, 6.07) is 10.0. The number of aryl methyl sites for hydroxylation is 1. The molecular weight excluding hydrogens is 583 g/mol. The number of rotatable bonds is 9. The molecule has 240 valence electrons. The first-order chi connectivity index (χ1) is 21.3. The average Bonchev–Trinajstić information content (AvgIpc) is 3.15. The Morgan fingerprint density at radius 1 is 1.20 bits per heavy atom. The van der Waals surface area contributed by atoms with Crippen LogP contribution in [0.15, 0.2) is 41.5 Å². The number of pyridine rings is 1. The zero-order valence-electron chi connectivity index (χ0n) is 27.8. The highest BCUT2D eigenvalue weighted by molar-refractivity contribution is 6.74. The second-order valence-electron chi connectivity index (χ2n) is 14.1. The molecule has 1 atom stereocenters. The Balaban J connectivity index is 1.39. The van der Waals surface area contributed by atoms with Gasteiger partial charge in [0.05, 0.1) is 23.6 Å². The second-order valence-corrected chi connectivity index (χ2v) is 19.0. The predicted molar refractivity (Wildman–Crippen MR) is 182 cm³/mol. The molecule has 5 rings (SSSR count). The van der Waals surface area contributed by atoms with Gasteiger partial charge >= 0.3 is 0 Å². The lowest BCUT2D eigenvalue weighted by atomic mass is 9.83. The first kappa shape index (κ1) is 32.8. The molecule has 1 saturated heterocycles. The summed E-state index contributed by atoms with van der Waals surface area (Å²) in [5.41, 5.74) is 4.97. The summed E-state index contributed by atoms with van der Waals surface area (Å²) in [4.78, 5) is 25.0. The minimum atomic E-state index is -1.97. The van der Waals surface area contributed by atoms with Gasteiger partial charge in [-0.05, 0) is 66.9 Å². The van der Waals surface area contributed by atoms with Crippen LogP contribution in [0.2, 0.25) is 18.1 Å². The maximum absolute atomic E-state index is 13.4. The number of nitrogens with zero attached hydrogens (tertiary/aromatic N) is 5. The van der Waals surface area contributed by atoms with Gasteiger partial charge in [-0.3, -0.25) is 9.69 Å². The molecule has 1 aromatic carbocycles. The van der Waals surface area contributed by atoms with Crippen LogP contribution in [0.1, 0.15) is 50.8 Å². The fourth-order valence-electron chi connectivity index (χ4n) is 5.62. The van der Waals surface area contributed by atoms with Crippen LogP contribution in [0.3, 0.4) is 0 Å². The zero-order valence-corrected chi connectivity index (χ0v) is 28.8. The SMILES string of the molecule is Cc1cc(Nc2nccc(-c3cc(C#N)c4c(c3)[C@@](C)(CO[Si](C)(C)C(C)(C)C)CN4)n2)c(=O)n(CCN2CCCOCC2)c1. The lowest BCUT2D eigenvalue weighted by Gasteiger charge is -2.39. The van der Waals surface area contributed by atoms with Crippen molar-refractivity contribution in [1.82, 2.24) is 19.4 Å². The van der Waals surface area contributed by atoms with Crippen molar-refractivity contribution in [1.29, 1.82) is 5.26 Å². The van der Waals surface area contributed by atoms with Crippen molar-refractivity contribution >= 4 is 25.6 Å². The molecule has 11 heteroatoms. The van der Waals surface area contributed by atoms with Crippen LogP contribution >= 0.6 is 0 Å². The second kappa shape index (κ2) is 13.0. The zero-order chi connectivity index (χ0) is 32.4. The lowest BCUT2D eigenvalue weighted by molar-refractivity contribution is 0.140. The summed E-state index contributed by atoms with van der Waals surface area (Å²) in [6.07, 6.45) is 4.58. The normalized spacial score (nSPS) is 19.0. The molecule has 4 heterocycles. The lowest BCUT2D eigenvalue weighted by Crippen LogP contribution is -2.45. The van der Waals surface area contributed by atoms with E-state index in [2.05, 4.69) is 73.4 Å². The van der Waals surface area contributed by atoms with E-state index in [9.17, 15) is 10.1 Å². The van der Waals surface area contributed by atoms with Gasteiger partial charge in [-0.2, -0.15) is 5.26 Å². The van der Waals surface area contributed by atoms with Crippen molar-refractivity contribution in [3.8, 4) is 17.3 Å². The highest BCUT2D eigenvalue weighted by Gasteiger charge is 2.42. The molecule has 0 saturated carbocycles. The molecule has 0 bridgehead atoms. The molecule has 3 aromatic rings. The highest BCUT2D eigenvalue weighted by Crippen LogP contribution is 2.44. The van der Waals surface area contributed by atoms with Gasteiger partial charge in [-0.15, -0.1) is 0 Å². The summed E-state index contributed by atoms with van der Waals surface area (Å²) in [6.45, 7) is 21.4.